The topological polar surface area (TPSA) is 111 Å². The Morgan fingerprint density at radius 2 is 1.03 bits per heavy atom. The number of hydrogen-bond acceptors (Lipinski definition) is 9. The lowest BCUT2D eigenvalue weighted by atomic mass is 10.1. The monoisotopic (exact) mass is 548 g/mol. The van der Waals surface area contributed by atoms with Gasteiger partial charge >= 0.3 is 5.97 Å². The van der Waals surface area contributed by atoms with Crippen molar-refractivity contribution >= 4 is 18.1 Å². The van der Waals surface area contributed by atoms with Crippen molar-refractivity contribution in [3.05, 3.63) is 59.2 Å². The second-order valence-corrected chi connectivity index (χ2v) is 8.10. The minimum Gasteiger partial charge on any atom is -0.487 e. The van der Waals surface area contributed by atoms with Gasteiger partial charge in [0.2, 0.25) is 0 Å². The van der Waals surface area contributed by atoms with Gasteiger partial charge in [-0.1, -0.05) is 30.4 Å². The van der Waals surface area contributed by atoms with Crippen LogP contribution in [-0.2, 0) is 28.4 Å². The summed E-state index contributed by atoms with van der Waals surface area (Å²) in [6.07, 6.45) is 3.83. The van der Waals surface area contributed by atoms with E-state index in [1.807, 2.05) is 30.4 Å². The second-order valence-electron chi connectivity index (χ2n) is 8.10. The molecular weight excluding hydrogens is 508 g/mol. The van der Waals surface area contributed by atoms with Gasteiger partial charge in [0.05, 0.1) is 71.6 Å². The van der Waals surface area contributed by atoms with Crippen molar-refractivity contribution in [1.82, 2.24) is 0 Å². The zero-order chi connectivity index (χ0) is 28.0. The molecule has 0 aliphatic rings. The van der Waals surface area contributed by atoms with Crippen LogP contribution in [0.5, 0.6) is 11.5 Å². The van der Waals surface area contributed by atoms with Gasteiger partial charge in [0.1, 0.15) is 13.2 Å². The average molecular weight is 549 g/mol. The Balaban J connectivity index is 1.88. The molecule has 2 aromatic carbocycles. The van der Waals surface area contributed by atoms with Gasteiger partial charge in [-0.05, 0) is 35.4 Å². The molecule has 0 aromatic heterocycles. The number of carbonyl (C=O) groups is 1. The van der Waals surface area contributed by atoms with Crippen LogP contribution in [0.25, 0.3) is 12.2 Å². The highest BCUT2D eigenvalue weighted by atomic mass is 16.6. The summed E-state index contributed by atoms with van der Waals surface area (Å²) in [5.41, 5.74) is 2.03. The largest absolute Gasteiger partial charge is 0.487 e. The van der Waals surface area contributed by atoms with Crippen molar-refractivity contribution in [2.24, 2.45) is 0 Å². The van der Waals surface area contributed by atoms with E-state index < -0.39 is 5.97 Å². The number of carboxylic acids is 1. The normalized spacial score (nSPS) is 11.2. The summed E-state index contributed by atoms with van der Waals surface area (Å²) >= 11 is 0. The van der Waals surface area contributed by atoms with Crippen LogP contribution in [0.15, 0.2) is 42.5 Å². The Morgan fingerprint density at radius 3 is 1.54 bits per heavy atom. The third-order valence-electron chi connectivity index (χ3n) is 5.17. The minimum atomic E-state index is -0.952. The molecule has 216 valence electrons. The number of hydrogen-bond donors (Lipinski definition) is 1. The number of benzene rings is 2. The van der Waals surface area contributed by atoms with Gasteiger partial charge in [0.15, 0.2) is 11.5 Å². The van der Waals surface area contributed by atoms with Crippen LogP contribution in [0.4, 0.5) is 0 Å². The van der Waals surface area contributed by atoms with E-state index in [0.29, 0.717) is 90.8 Å². The Kier molecular flexibility index (Phi) is 17.3. The van der Waals surface area contributed by atoms with Crippen LogP contribution in [0.2, 0.25) is 0 Å². The molecule has 2 aromatic rings. The molecule has 10 nitrogen and oxygen atoms in total. The number of ether oxygens (including phenoxy) is 8. The lowest BCUT2D eigenvalue weighted by molar-refractivity contribution is 0.0160. The molecule has 0 aliphatic carbocycles. The van der Waals surface area contributed by atoms with E-state index in [2.05, 4.69) is 0 Å². The van der Waals surface area contributed by atoms with Crippen LogP contribution >= 0.6 is 0 Å². The molecule has 1 N–H and O–H groups in total. The van der Waals surface area contributed by atoms with E-state index in [4.69, 9.17) is 43.0 Å². The fourth-order valence-electron chi connectivity index (χ4n) is 3.14. The van der Waals surface area contributed by atoms with Crippen LogP contribution in [0.1, 0.15) is 21.5 Å². The van der Waals surface area contributed by atoms with Gasteiger partial charge in [0, 0.05) is 14.2 Å². The molecule has 0 aliphatic heterocycles. The molecule has 2 rings (SSSR count). The van der Waals surface area contributed by atoms with Crippen molar-refractivity contribution < 1.29 is 47.8 Å². The SMILES string of the molecule is COCCOCCOCCOc1ccc(C=Cc2ccc(C(=O)O)cc2)cc1OCCOCCOCCOC. The molecule has 0 unspecified atom stereocenters. The molecule has 0 saturated heterocycles. The highest BCUT2D eigenvalue weighted by Gasteiger charge is 2.07. The molecule has 0 heterocycles. The summed E-state index contributed by atoms with van der Waals surface area (Å²) in [6.45, 7) is 5.61. The number of carboxylic acid groups (broad SMARTS) is 1. The van der Waals surface area contributed by atoms with Crippen molar-refractivity contribution in [2.45, 2.75) is 0 Å². The minimum absolute atomic E-state index is 0.246. The first-order valence-corrected chi connectivity index (χ1v) is 12.8. The fraction of sp³-hybridized carbons (Fsp3) is 0.483. The van der Waals surface area contributed by atoms with Crippen LogP contribution in [0.3, 0.4) is 0 Å². The van der Waals surface area contributed by atoms with E-state index in [-0.39, 0.29) is 5.56 Å². The van der Waals surface area contributed by atoms with Gasteiger partial charge < -0.3 is 43.0 Å². The number of methoxy groups -OCH3 is 2. The summed E-state index contributed by atoms with van der Waals surface area (Å²) in [5.74, 6) is 0.230. The van der Waals surface area contributed by atoms with Gasteiger partial charge in [-0.2, -0.15) is 0 Å². The van der Waals surface area contributed by atoms with Crippen molar-refractivity contribution in [1.29, 1.82) is 0 Å². The van der Waals surface area contributed by atoms with Crippen LogP contribution in [0, 0.1) is 0 Å². The summed E-state index contributed by atoms with van der Waals surface area (Å²) in [5, 5.41) is 9.07. The third kappa shape index (κ3) is 14.7. The molecule has 0 bridgehead atoms. The molecule has 0 fully saturated rings. The molecule has 0 radical (unpaired) electrons. The maximum absolute atomic E-state index is 11.1. The fourth-order valence-corrected chi connectivity index (χ4v) is 3.14. The Morgan fingerprint density at radius 1 is 0.590 bits per heavy atom. The molecule has 10 heteroatoms. The van der Waals surface area contributed by atoms with Crippen molar-refractivity contribution in [3.8, 4) is 11.5 Å². The predicted molar refractivity (Wildman–Crippen MR) is 147 cm³/mol. The summed E-state index contributed by atoms with van der Waals surface area (Å²) in [6, 6.07) is 12.3. The maximum atomic E-state index is 11.1. The van der Waals surface area contributed by atoms with Crippen LogP contribution < -0.4 is 9.47 Å². The Hall–Kier alpha value is -2.99. The van der Waals surface area contributed by atoms with Crippen LogP contribution in [-0.4, -0.2) is 105 Å². The van der Waals surface area contributed by atoms with E-state index in [1.54, 1.807) is 38.5 Å². The maximum Gasteiger partial charge on any atom is 0.335 e. The lowest BCUT2D eigenvalue weighted by Crippen LogP contribution is -2.14. The zero-order valence-electron chi connectivity index (χ0n) is 22.8. The van der Waals surface area contributed by atoms with Crippen molar-refractivity contribution in [3.63, 3.8) is 0 Å². The van der Waals surface area contributed by atoms with E-state index in [1.165, 1.54) is 0 Å². The van der Waals surface area contributed by atoms with Gasteiger partial charge in [0.25, 0.3) is 0 Å². The summed E-state index contributed by atoms with van der Waals surface area (Å²) in [7, 11) is 3.26. The first kappa shape index (κ1) is 32.2. The summed E-state index contributed by atoms with van der Waals surface area (Å²) in [4.78, 5) is 11.1. The second kappa shape index (κ2) is 20.9. The van der Waals surface area contributed by atoms with Gasteiger partial charge in [-0.3, -0.25) is 0 Å². The third-order valence-corrected chi connectivity index (χ3v) is 5.17. The predicted octanol–water partition coefficient (Wildman–Crippen LogP) is 3.67. The highest BCUT2D eigenvalue weighted by Crippen LogP contribution is 2.29. The Labute approximate surface area is 230 Å². The average Bonchev–Trinajstić information content (AvgIpc) is 2.95. The molecular formula is C29H40O10. The first-order valence-electron chi connectivity index (χ1n) is 12.8. The van der Waals surface area contributed by atoms with Gasteiger partial charge in [-0.15, -0.1) is 0 Å². The lowest BCUT2D eigenvalue weighted by Gasteiger charge is -2.14. The molecule has 39 heavy (non-hydrogen) atoms. The number of rotatable bonds is 23. The van der Waals surface area contributed by atoms with Crippen molar-refractivity contribution in [2.75, 3.05) is 93.5 Å². The first-order chi connectivity index (χ1) is 19.1. The van der Waals surface area contributed by atoms with E-state index in [9.17, 15) is 4.79 Å². The standard InChI is InChI=1S/C29H40O10/c1-32-11-13-34-15-17-36-19-21-38-27-10-7-25(4-3-24-5-8-26(9-6-24)29(30)31)23-28(27)39-22-20-37-18-16-35-14-12-33-2/h3-10,23H,11-22H2,1-2H3,(H,30,31). The quantitative estimate of drug-likeness (QED) is 0.163. The zero-order valence-corrected chi connectivity index (χ0v) is 22.8. The molecule has 0 saturated carbocycles. The molecule has 0 spiro atoms. The molecule has 0 amide bonds. The Bertz CT molecular complexity index is 946. The van der Waals surface area contributed by atoms with E-state index in [0.717, 1.165) is 11.1 Å². The summed E-state index contributed by atoms with van der Waals surface area (Å²) < 4.78 is 43.6. The highest BCUT2D eigenvalue weighted by molar-refractivity contribution is 5.88. The van der Waals surface area contributed by atoms with E-state index >= 15 is 0 Å². The van der Waals surface area contributed by atoms with Gasteiger partial charge in [-0.25, -0.2) is 4.79 Å². The smallest absolute Gasteiger partial charge is 0.335 e. The molecule has 0 atom stereocenters. The number of aromatic carboxylic acids is 1.